The number of methoxy groups -OCH3 is 1. The summed E-state index contributed by atoms with van der Waals surface area (Å²) in [6, 6.07) is 11.3. The molecule has 3 aromatic rings. The lowest BCUT2D eigenvalue weighted by Crippen LogP contribution is -2.28. The van der Waals surface area contributed by atoms with Crippen molar-refractivity contribution in [3.05, 3.63) is 71.4 Å². The van der Waals surface area contributed by atoms with Gasteiger partial charge in [0.05, 0.1) is 12.6 Å². The fraction of sp³-hybridized carbons (Fsp3) is 0.158. The Bertz CT molecular complexity index is 921. The fourth-order valence-corrected chi connectivity index (χ4v) is 2.63. The zero-order valence-corrected chi connectivity index (χ0v) is 13.8. The number of pyridine rings is 1. The van der Waals surface area contributed by atoms with Crippen molar-refractivity contribution in [1.29, 1.82) is 0 Å². The first-order valence-electron chi connectivity index (χ1n) is 7.61. The molecule has 3 rings (SSSR count). The van der Waals surface area contributed by atoms with Crippen LogP contribution in [0.1, 0.15) is 15.9 Å². The van der Waals surface area contributed by atoms with Gasteiger partial charge in [-0.05, 0) is 23.8 Å². The van der Waals surface area contributed by atoms with Crippen molar-refractivity contribution in [2.45, 2.75) is 6.54 Å². The minimum absolute atomic E-state index is 0.0243. The van der Waals surface area contributed by atoms with Crippen LogP contribution in [0.2, 0.25) is 0 Å². The fourth-order valence-electron chi connectivity index (χ4n) is 2.63. The van der Waals surface area contributed by atoms with Crippen LogP contribution in [0.5, 0.6) is 5.75 Å². The average molecular weight is 342 g/mol. The van der Waals surface area contributed by atoms with Crippen molar-refractivity contribution < 1.29 is 18.3 Å². The van der Waals surface area contributed by atoms with Gasteiger partial charge in [0, 0.05) is 37.3 Å². The van der Waals surface area contributed by atoms with Gasteiger partial charge in [-0.15, -0.1) is 0 Å². The third kappa shape index (κ3) is 3.42. The van der Waals surface area contributed by atoms with Gasteiger partial charge in [0.1, 0.15) is 22.9 Å². The van der Waals surface area contributed by atoms with Crippen molar-refractivity contribution in [3.63, 3.8) is 0 Å². The van der Waals surface area contributed by atoms with Crippen molar-refractivity contribution in [3.8, 4) is 5.75 Å². The Balaban J connectivity index is 1.85. The summed E-state index contributed by atoms with van der Waals surface area (Å²) in [6.07, 6.45) is 1.70. The Kier molecular flexibility index (Phi) is 4.61. The highest BCUT2D eigenvalue weighted by atomic mass is 19.1. The van der Waals surface area contributed by atoms with Crippen molar-refractivity contribution in [2.24, 2.45) is 0 Å². The summed E-state index contributed by atoms with van der Waals surface area (Å²) >= 11 is 0. The maximum atomic E-state index is 14.1. The molecule has 0 aliphatic rings. The molecule has 6 heteroatoms. The molecule has 1 amide bonds. The number of hydrogen-bond donors (Lipinski definition) is 0. The molecule has 0 atom stereocenters. The second-order valence-corrected chi connectivity index (χ2v) is 5.66. The molecule has 1 aromatic heterocycles. The topological polar surface area (TPSA) is 42.4 Å². The molecule has 0 spiro atoms. The summed E-state index contributed by atoms with van der Waals surface area (Å²) < 4.78 is 33.0. The molecular weight excluding hydrogens is 326 g/mol. The number of carbonyl (C=O) groups is 1. The first kappa shape index (κ1) is 16.8. The molecule has 0 radical (unpaired) electrons. The molecule has 128 valence electrons. The number of benzene rings is 2. The van der Waals surface area contributed by atoms with Crippen molar-refractivity contribution >= 4 is 16.8 Å². The Morgan fingerprint density at radius 3 is 2.56 bits per heavy atom. The normalized spacial score (nSPS) is 10.7. The van der Waals surface area contributed by atoms with E-state index in [1.165, 1.54) is 19.1 Å². The van der Waals surface area contributed by atoms with Gasteiger partial charge in [0.25, 0.3) is 5.91 Å². The SMILES string of the molecule is COc1cc(F)c(C(=O)N(C)Cc2ccc3ncccc3c2)c(F)c1. The maximum Gasteiger partial charge on any atom is 0.259 e. The lowest BCUT2D eigenvalue weighted by molar-refractivity contribution is 0.0775. The zero-order valence-electron chi connectivity index (χ0n) is 13.8. The third-order valence-corrected chi connectivity index (χ3v) is 3.90. The van der Waals surface area contributed by atoms with Gasteiger partial charge in [-0.3, -0.25) is 9.78 Å². The van der Waals surface area contributed by atoms with E-state index in [9.17, 15) is 13.6 Å². The van der Waals surface area contributed by atoms with Crippen LogP contribution < -0.4 is 4.74 Å². The first-order valence-corrected chi connectivity index (χ1v) is 7.61. The highest BCUT2D eigenvalue weighted by Gasteiger charge is 2.22. The highest BCUT2D eigenvalue weighted by Crippen LogP contribution is 2.22. The quantitative estimate of drug-likeness (QED) is 0.724. The smallest absolute Gasteiger partial charge is 0.259 e. The lowest BCUT2D eigenvalue weighted by atomic mass is 10.1. The number of halogens is 2. The molecule has 0 aliphatic heterocycles. The molecular formula is C19H16F2N2O2. The van der Waals surface area contributed by atoms with E-state index in [0.717, 1.165) is 28.6 Å². The summed E-state index contributed by atoms with van der Waals surface area (Å²) in [5.74, 6) is -2.60. The summed E-state index contributed by atoms with van der Waals surface area (Å²) in [7, 11) is 2.80. The number of fused-ring (bicyclic) bond motifs is 1. The van der Waals surface area contributed by atoms with Gasteiger partial charge in [0.2, 0.25) is 0 Å². The van der Waals surface area contributed by atoms with Gasteiger partial charge in [-0.2, -0.15) is 0 Å². The molecule has 2 aromatic carbocycles. The molecule has 0 saturated carbocycles. The van der Waals surface area contributed by atoms with Crippen LogP contribution >= 0.6 is 0 Å². The monoisotopic (exact) mass is 342 g/mol. The van der Waals surface area contributed by atoms with E-state index in [1.54, 1.807) is 6.20 Å². The second-order valence-electron chi connectivity index (χ2n) is 5.66. The lowest BCUT2D eigenvalue weighted by Gasteiger charge is -2.18. The number of aromatic nitrogens is 1. The standard InChI is InChI=1S/C19H16F2N2O2/c1-23(11-12-5-6-17-13(8-12)4-3-7-22-17)19(24)18-15(20)9-14(25-2)10-16(18)21/h3-10H,11H2,1-2H3. The van der Waals surface area contributed by atoms with Crippen LogP contribution in [0.25, 0.3) is 10.9 Å². The summed E-state index contributed by atoms with van der Waals surface area (Å²) in [4.78, 5) is 17.9. The van der Waals surface area contributed by atoms with Crippen LogP contribution in [0.15, 0.2) is 48.7 Å². The van der Waals surface area contributed by atoms with E-state index in [1.807, 2.05) is 30.3 Å². The van der Waals surface area contributed by atoms with Crippen LogP contribution in [0.3, 0.4) is 0 Å². The van der Waals surface area contributed by atoms with Crippen LogP contribution in [-0.4, -0.2) is 29.9 Å². The Morgan fingerprint density at radius 1 is 1.16 bits per heavy atom. The molecule has 0 unspecified atom stereocenters. The molecule has 0 saturated heterocycles. The molecule has 4 nitrogen and oxygen atoms in total. The van der Waals surface area contributed by atoms with Crippen molar-refractivity contribution in [1.82, 2.24) is 9.88 Å². The number of rotatable bonds is 4. The molecule has 25 heavy (non-hydrogen) atoms. The third-order valence-electron chi connectivity index (χ3n) is 3.90. The maximum absolute atomic E-state index is 14.1. The highest BCUT2D eigenvalue weighted by molar-refractivity contribution is 5.94. The van der Waals surface area contributed by atoms with Gasteiger partial charge in [0.15, 0.2) is 0 Å². The number of ether oxygens (including phenoxy) is 1. The van der Waals surface area contributed by atoms with E-state index < -0.39 is 23.1 Å². The van der Waals surface area contributed by atoms with Gasteiger partial charge < -0.3 is 9.64 Å². The molecule has 0 aliphatic carbocycles. The summed E-state index contributed by atoms with van der Waals surface area (Å²) in [6.45, 7) is 0.217. The van der Waals surface area contributed by atoms with Crippen LogP contribution in [-0.2, 0) is 6.54 Å². The summed E-state index contributed by atoms with van der Waals surface area (Å²) in [5.41, 5.74) is 1.09. The van der Waals surface area contributed by atoms with Gasteiger partial charge >= 0.3 is 0 Å². The average Bonchev–Trinajstić information content (AvgIpc) is 2.60. The number of hydrogen-bond acceptors (Lipinski definition) is 3. The van der Waals surface area contributed by atoms with E-state index >= 15 is 0 Å². The van der Waals surface area contributed by atoms with Crippen molar-refractivity contribution in [2.75, 3.05) is 14.2 Å². The second kappa shape index (κ2) is 6.84. The minimum atomic E-state index is -0.948. The first-order chi connectivity index (χ1) is 12.0. The minimum Gasteiger partial charge on any atom is -0.497 e. The molecule has 0 bridgehead atoms. The van der Waals surface area contributed by atoms with E-state index in [0.29, 0.717) is 0 Å². The number of carbonyl (C=O) groups excluding carboxylic acids is 1. The van der Waals surface area contributed by atoms with Crippen LogP contribution in [0.4, 0.5) is 8.78 Å². The molecule has 0 N–H and O–H groups in total. The van der Waals surface area contributed by atoms with E-state index in [2.05, 4.69) is 4.98 Å². The number of amides is 1. The Labute approximate surface area is 143 Å². The molecule has 0 fully saturated rings. The molecule has 1 heterocycles. The van der Waals surface area contributed by atoms with E-state index in [-0.39, 0.29) is 12.3 Å². The largest absolute Gasteiger partial charge is 0.497 e. The van der Waals surface area contributed by atoms with Gasteiger partial charge in [-0.25, -0.2) is 8.78 Å². The predicted molar refractivity (Wildman–Crippen MR) is 90.5 cm³/mol. The number of nitrogens with zero attached hydrogens (tertiary/aromatic N) is 2. The van der Waals surface area contributed by atoms with Gasteiger partial charge in [-0.1, -0.05) is 12.1 Å². The Morgan fingerprint density at radius 2 is 1.88 bits per heavy atom. The van der Waals surface area contributed by atoms with Crippen LogP contribution in [0, 0.1) is 11.6 Å². The predicted octanol–water partition coefficient (Wildman–Crippen LogP) is 3.79. The summed E-state index contributed by atoms with van der Waals surface area (Å²) in [5, 5.41) is 0.933. The zero-order chi connectivity index (χ0) is 18.0. The van der Waals surface area contributed by atoms with E-state index in [4.69, 9.17) is 4.74 Å². The Hall–Kier alpha value is -3.02.